The second-order valence-corrected chi connectivity index (χ2v) is 6.87. The molecule has 1 heterocycles. The van der Waals surface area contributed by atoms with Crippen LogP contribution in [0.25, 0.3) is 0 Å². The van der Waals surface area contributed by atoms with Crippen molar-refractivity contribution in [3.8, 4) is 0 Å². The Morgan fingerprint density at radius 1 is 1.32 bits per heavy atom. The number of fused-ring (bicyclic) bond motifs is 1. The topological polar surface area (TPSA) is 101 Å². The molecule has 0 radical (unpaired) electrons. The minimum absolute atomic E-state index is 0.0606. The largest absolute Gasteiger partial charge is 0.406 e. The van der Waals surface area contributed by atoms with Gasteiger partial charge in [-0.05, 0) is 31.7 Å². The molecule has 3 rings (SSSR count). The second-order valence-electron chi connectivity index (χ2n) is 6.87. The molecule has 0 unspecified atom stereocenters. The van der Waals surface area contributed by atoms with Crippen molar-refractivity contribution in [3.63, 3.8) is 0 Å². The van der Waals surface area contributed by atoms with Crippen LogP contribution in [-0.2, 0) is 4.79 Å². The molecule has 1 saturated carbocycles. The quantitative estimate of drug-likeness (QED) is 0.415. The minimum Gasteiger partial charge on any atom is -0.329 e. The normalized spacial score (nSPS) is 17.5. The fourth-order valence-corrected chi connectivity index (χ4v) is 3.32. The fraction of sp³-hybridized carbons (Fsp3) is 0.471. The van der Waals surface area contributed by atoms with E-state index in [0.29, 0.717) is 22.6 Å². The Labute approximate surface area is 157 Å². The summed E-state index contributed by atoms with van der Waals surface area (Å²) in [5.41, 5.74) is -1.29. The van der Waals surface area contributed by atoms with E-state index in [1.54, 1.807) is 0 Å². The third-order valence-corrected chi connectivity index (χ3v) is 4.93. The minimum atomic E-state index is -4.64. The standard InChI is InChI=1S/C17H16F3N3O5/c1-9(10-5-6-10)22(8-17(18,19)20)13(24)7-21-15(25)11-3-2-4-12(23(27)28)14(11)16(21)26/h2-4,9-10H,5-8H2,1H3/t9-/m1/s1. The number of carbonyl (C=O) groups excluding carboxylic acids is 3. The number of hydrogen-bond donors (Lipinski definition) is 0. The van der Waals surface area contributed by atoms with E-state index < -0.39 is 59.2 Å². The molecule has 0 bridgehead atoms. The van der Waals surface area contributed by atoms with Gasteiger partial charge in [0.25, 0.3) is 17.5 Å². The Balaban J connectivity index is 1.84. The number of hydrogen-bond acceptors (Lipinski definition) is 5. The average Bonchev–Trinajstić information content (AvgIpc) is 3.42. The van der Waals surface area contributed by atoms with Crippen LogP contribution in [0.2, 0.25) is 0 Å². The average molecular weight is 399 g/mol. The highest BCUT2D eigenvalue weighted by molar-refractivity contribution is 6.24. The number of nitrogens with zero attached hydrogens (tertiary/aromatic N) is 3. The van der Waals surface area contributed by atoms with Gasteiger partial charge < -0.3 is 4.90 Å². The number of alkyl halides is 3. The number of benzene rings is 1. The molecule has 0 N–H and O–H groups in total. The van der Waals surface area contributed by atoms with Crippen molar-refractivity contribution in [1.29, 1.82) is 0 Å². The van der Waals surface area contributed by atoms with Crippen LogP contribution in [0.4, 0.5) is 18.9 Å². The fourth-order valence-electron chi connectivity index (χ4n) is 3.32. The molecule has 8 nitrogen and oxygen atoms in total. The van der Waals surface area contributed by atoms with E-state index in [9.17, 15) is 37.7 Å². The molecule has 1 aliphatic carbocycles. The first-order valence-electron chi connectivity index (χ1n) is 8.51. The number of amides is 3. The van der Waals surface area contributed by atoms with Crippen molar-refractivity contribution >= 4 is 23.4 Å². The predicted molar refractivity (Wildman–Crippen MR) is 88.4 cm³/mol. The molecular weight excluding hydrogens is 383 g/mol. The number of carbonyl (C=O) groups is 3. The zero-order valence-electron chi connectivity index (χ0n) is 14.7. The molecule has 1 fully saturated rings. The monoisotopic (exact) mass is 399 g/mol. The van der Waals surface area contributed by atoms with Crippen molar-refractivity contribution in [2.45, 2.75) is 32.0 Å². The summed E-state index contributed by atoms with van der Waals surface area (Å²) in [4.78, 5) is 48.8. The zero-order chi connectivity index (χ0) is 20.8. The summed E-state index contributed by atoms with van der Waals surface area (Å²) in [6.07, 6.45) is -3.25. The Hall–Kier alpha value is -2.98. The molecule has 0 spiro atoms. The first-order valence-corrected chi connectivity index (χ1v) is 8.51. The lowest BCUT2D eigenvalue weighted by molar-refractivity contribution is -0.385. The van der Waals surface area contributed by atoms with Crippen LogP contribution in [0.5, 0.6) is 0 Å². The van der Waals surface area contributed by atoms with Gasteiger partial charge in [-0.25, -0.2) is 0 Å². The van der Waals surface area contributed by atoms with Crippen LogP contribution >= 0.6 is 0 Å². The molecule has 150 valence electrons. The third kappa shape index (κ3) is 3.69. The van der Waals surface area contributed by atoms with Gasteiger partial charge in [0, 0.05) is 12.1 Å². The van der Waals surface area contributed by atoms with Gasteiger partial charge in [-0.1, -0.05) is 6.07 Å². The van der Waals surface area contributed by atoms with Crippen LogP contribution in [0.3, 0.4) is 0 Å². The van der Waals surface area contributed by atoms with Crippen molar-refractivity contribution in [1.82, 2.24) is 9.80 Å². The van der Waals surface area contributed by atoms with Gasteiger partial charge in [0.15, 0.2) is 0 Å². The molecule has 1 atom stereocenters. The van der Waals surface area contributed by atoms with Gasteiger partial charge >= 0.3 is 6.18 Å². The molecule has 0 saturated heterocycles. The van der Waals surface area contributed by atoms with E-state index in [1.807, 2.05) is 0 Å². The van der Waals surface area contributed by atoms with E-state index in [1.165, 1.54) is 19.1 Å². The molecule has 2 aliphatic rings. The van der Waals surface area contributed by atoms with Gasteiger partial charge in [-0.15, -0.1) is 0 Å². The zero-order valence-corrected chi connectivity index (χ0v) is 14.7. The van der Waals surface area contributed by atoms with Crippen molar-refractivity contribution < 1.29 is 32.5 Å². The lowest BCUT2D eigenvalue weighted by atomic mass is 10.1. The Morgan fingerprint density at radius 2 is 1.96 bits per heavy atom. The molecule has 11 heteroatoms. The number of rotatable bonds is 6. The maximum absolute atomic E-state index is 12.9. The van der Waals surface area contributed by atoms with Crippen LogP contribution in [0.15, 0.2) is 18.2 Å². The highest BCUT2D eigenvalue weighted by Gasteiger charge is 2.45. The van der Waals surface area contributed by atoms with E-state index in [4.69, 9.17) is 0 Å². The van der Waals surface area contributed by atoms with Crippen LogP contribution in [0.1, 0.15) is 40.5 Å². The number of nitro benzene ring substituents is 1. The van der Waals surface area contributed by atoms with E-state index in [0.717, 1.165) is 6.07 Å². The van der Waals surface area contributed by atoms with Crippen molar-refractivity contribution in [3.05, 3.63) is 39.4 Å². The van der Waals surface area contributed by atoms with E-state index in [2.05, 4.69) is 0 Å². The summed E-state index contributed by atoms with van der Waals surface area (Å²) in [7, 11) is 0. The van der Waals surface area contributed by atoms with Gasteiger partial charge in [0.1, 0.15) is 18.7 Å². The highest BCUT2D eigenvalue weighted by Crippen LogP contribution is 2.36. The van der Waals surface area contributed by atoms with Gasteiger partial charge in [-0.3, -0.25) is 29.4 Å². The third-order valence-electron chi connectivity index (χ3n) is 4.93. The SMILES string of the molecule is C[C@H](C1CC1)N(CC(F)(F)F)C(=O)CN1C(=O)c2cccc([N+](=O)[O-])c2C1=O. The summed E-state index contributed by atoms with van der Waals surface area (Å²) >= 11 is 0. The summed E-state index contributed by atoms with van der Waals surface area (Å²) in [6.45, 7) is -0.905. The lowest BCUT2D eigenvalue weighted by Gasteiger charge is -2.31. The van der Waals surface area contributed by atoms with E-state index >= 15 is 0 Å². The Bertz CT molecular complexity index is 866. The Morgan fingerprint density at radius 3 is 2.50 bits per heavy atom. The molecular formula is C17H16F3N3O5. The van der Waals surface area contributed by atoms with Crippen molar-refractivity contribution in [2.24, 2.45) is 5.92 Å². The van der Waals surface area contributed by atoms with Gasteiger partial charge in [0.05, 0.1) is 10.5 Å². The molecule has 3 amide bonds. The first-order chi connectivity index (χ1) is 13.0. The molecule has 1 aromatic rings. The maximum atomic E-state index is 12.9. The number of imide groups is 1. The lowest BCUT2D eigenvalue weighted by Crippen LogP contribution is -2.50. The molecule has 28 heavy (non-hydrogen) atoms. The van der Waals surface area contributed by atoms with Gasteiger partial charge in [-0.2, -0.15) is 13.2 Å². The van der Waals surface area contributed by atoms with Crippen LogP contribution < -0.4 is 0 Å². The molecule has 1 aliphatic heterocycles. The van der Waals surface area contributed by atoms with Crippen molar-refractivity contribution in [2.75, 3.05) is 13.1 Å². The maximum Gasteiger partial charge on any atom is 0.406 e. The predicted octanol–water partition coefficient (Wildman–Crippen LogP) is 2.38. The highest BCUT2D eigenvalue weighted by atomic mass is 19.4. The van der Waals surface area contributed by atoms with Crippen LogP contribution in [-0.4, -0.2) is 57.8 Å². The summed E-state index contributed by atoms with van der Waals surface area (Å²) in [5, 5.41) is 11.1. The second kappa shape index (κ2) is 6.88. The summed E-state index contributed by atoms with van der Waals surface area (Å²) in [6, 6.07) is 2.77. The first kappa shape index (κ1) is 19.8. The number of halogens is 3. The summed E-state index contributed by atoms with van der Waals surface area (Å²) in [5.74, 6) is -3.10. The Kier molecular flexibility index (Phi) is 4.86. The number of nitro groups is 1. The van der Waals surface area contributed by atoms with Gasteiger partial charge in [0.2, 0.25) is 5.91 Å². The van der Waals surface area contributed by atoms with Crippen LogP contribution in [0, 0.1) is 16.0 Å². The molecule has 1 aromatic carbocycles. The molecule has 0 aromatic heterocycles. The smallest absolute Gasteiger partial charge is 0.329 e. The summed E-state index contributed by atoms with van der Waals surface area (Å²) < 4.78 is 38.8. The van der Waals surface area contributed by atoms with E-state index in [-0.39, 0.29) is 11.5 Å².